The third-order valence-electron chi connectivity index (χ3n) is 4.24. The molecular weight excluding hydrogens is 332 g/mol. The second kappa shape index (κ2) is 7.66. The van der Waals surface area contributed by atoms with Gasteiger partial charge in [-0.05, 0) is 25.5 Å². The summed E-state index contributed by atoms with van der Waals surface area (Å²) in [7, 11) is 0. The van der Waals surface area contributed by atoms with Gasteiger partial charge in [-0.2, -0.15) is 0 Å². The Morgan fingerprint density at radius 2 is 1.80 bits per heavy atom. The Labute approximate surface area is 150 Å². The van der Waals surface area contributed by atoms with Crippen molar-refractivity contribution in [2.75, 3.05) is 5.75 Å². The lowest BCUT2D eigenvalue weighted by molar-refractivity contribution is 0.102. The molecule has 3 rings (SSSR count). The summed E-state index contributed by atoms with van der Waals surface area (Å²) < 4.78 is 1.71. The number of aromatic nitrogens is 2. The van der Waals surface area contributed by atoms with Crippen molar-refractivity contribution in [3.05, 3.63) is 70.5 Å². The quantitative estimate of drug-likeness (QED) is 0.376. The molecule has 5 heteroatoms. The van der Waals surface area contributed by atoms with Crippen LogP contribution in [-0.2, 0) is 0 Å². The maximum atomic E-state index is 12.9. The molecule has 4 nitrogen and oxygen atoms in total. The molecule has 0 aliphatic carbocycles. The zero-order valence-electron chi connectivity index (χ0n) is 14.3. The molecule has 0 radical (unpaired) electrons. The first-order chi connectivity index (χ1) is 12.1. The van der Waals surface area contributed by atoms with Crippen LogP contribution in [0.15, 0.2) is 64.5 Å². The van der Waals surface area contributed by atoms with E-state index < -0.39 is 0 Å². The number of fused-ring (bicyclic) bond motifs is 1. The molecule has 0 aliphatic rings. The number of carbonyl (C=O) groups is 1. The Hall–Kier alpha value is -2.40. The predicted octanol–water partition coefficient (Wildman–Crippen LogP) is 4.34. The highest BCUT2D eigenvalue weighted by molar-refractivity contribution is 7.99. The second-order valence-corrected chi connectivity index (χ2v) is 6.86. The highest BCUT2D eigenvalue weighted by Crippen LogP contribution is 2.23. The first kappa shape index (κ1) is 17.4. The van der Waals surface area contributed by atoms with E-state index in [2.05, 4.69) is 4.98 Å². The highest BCUT2D eigenvalue weighted by atomic mass is 32.2. The van der Waals surface area contributed by atoms with Crippen LogP contribution in [0.4, 0.5) is 0 Å². The Morgan fingerprint density at radius 1 is 1.12 bits per heavy atom. The van der Waals surface area contributed by atoms with Crippen LogP contribution < -0.4 is 5.56 Å². The molecule has 0 N–H and O–H groups in total. The van der Waals surface area contributed by atoms with Gasteiger partial charge in [0, 0.05) is 11.6 Å². The van der Waals surface area contributed by atoms with E-state index >= 15 is 0 Å². The van der Waals surface area contributed by atoms with Crippen LogP contribution in [0.3, 0.4) is 0 Å². The van der Waals surface area contributed by atoms with E-state index in [1.54, 1.807) is 22.8 Å². The normalized spacial score (nSPS) is 12.2. The number of carbonyl (C=O) groups excluding carboxylic acids is 1. The van der Waals surface area contributed by atoms with Crippen LogP contribution in [-0.4, -0.2) is 21.1 Å². The molecule has 1 heterocycles. The molecule has 0 saturated carbocycles. The first-order valence-electron chi connectivity index (χ1n) is 8.34. The summed E-state index contributed by atoms with van der Waals surface area (Å²) in [5.41, 5.74) is 1.30. The molecule has 0 aliphatic heterocycles. The molecule has 128 valence electrons. The summed E-state index contributed by atoms with van der Waals surface area (Å²) >= 11 is 1.33. The third-order valence-corrected chi connectivity index (χ3v) is 5.19. The largest absolute Gasteiger partial charge is 0.293 e. The van der Waals surface area contributed by atoms with E-state index in [4.69, 9.17) is 0 Å². The zero-order valence-corrected chi connectivity index (χ0v) is 15.1. The number of ketones is 1. The Balaban J connectivity index is 1.97. The molecule has 0 spiro atoms. The van der Waals surface area contributed by atoms with Crippen LogP contribution in [0.2, 0.25) is 0 Å². The number of thioether (sulfide) groups is 1. The minimum Gasteiger partial charge on any atom is -0.293 e. The number of rotatable bonds is 6. The molecule has 0 bridgehead atoms. The van der Waals surface area contributed by atoms with E-state index in [1.165, 1.54) is 11.8 Å². The van der Waals surface area contributed by atoms with Crippen LogP contribution in [0.5, 0.6) is 0 Å². The molecular formula is C20H20N2O2S. The molecule has 1 atom stereocenters. The number of para-hydroxylation sites is 1. The molecule has 1 aromatic heterocycles. The smallest absolute Gasteiger partial charge is 0.262 e. The zero-order chi connectivity index (χ0) is 17.8. The summed E-state index contributed by atoms with van der Waals surface area (Å²) in [5.74, 6) is 0.286. The van der Waals surface area contributed by atoms with Gasteiger partial charge in [-0.3, -0.25) is 14.2 Å². The van der Waals surface area contributed by atoms with Crippen molar-refractivity contribution in [1.29, 1.82) is 0 Å². The van der Waals surface area contributed by atoms with Crippen molar-refractivity contribution in [3.8, 4) is 0 Å². The van der Waals surface area contributed by atoms with E-state index in [9.17, 15) is 9.59 Å². The number of Topliss-reactive ketones (excluding diaryl/α,β-unsaturated/α-hetero) is 1. The van der Waals surface area contributed by atoms with Gasteiger partial charge in [0.25, 0.3) is 5.56 Å². The average molecular weight is 352 g/mol. The fourth-order valence-corrected chi connectivity index (χ4v) is 3.63. The van der Waals surface area contributed by atoms with Gasteiger partial charge in [-0.15, -0.1) is 0 Å². The van der Waals surface area contributed by atoms with Crippen molar-refractivity contribution < 1.29 is 4.79 Å². The Kier molecular flexibility index (Phi) is 5.34. The summed E-state index contributed by atoms with van der Waals surface area (Å²) in [6, 6.07) is 16.6. The lowest BCUT2D eigenvalue weighted by Gasteiger charge is -2.18. The standard InChI is InChI=1S/C20H20N2O2S/c1-3-14(2)22-19(24)16-11-7-8-12-17(16)21-20(22)25-13-18(23)15-9-5-4-6-10-15/h4-12,14H,3,13H2,1-2H3/t14-/m1/s1. The summed E-state index contributed by atoms with van der Waals surface area (Å²) in [6.07, 6.45) is 0.820. The van der Waals surface area contributed by atoms with Gasteiger partial charge >= 0.3 is 0 Å². The van der Waals surface area contributed by atoms with Gasteiger partial charge in [0.2, 0.25) is 0 Å². The van der Waals surface area contributed by atoms with Gasteiger partial charge in [-0.1, -0.05) is 61.2 Å². The van der Waals surface area contributed by atoms with Crippen LogP contribution >= 0.6 is 11.8 Å². The van der Waals surface area contributed by atoms with Gasteiger partial charge < -0.3 is 0 Å². The van der Waals surface area contributed by atoms with Crippen molar-refractivity contribution in [3.63, 3.8) is 0 Å². The lowest BCUT2D eigenvalue weighted by atomic mass is 10.2. The predicted molar refractivity (Wildman–Crippen MR) is 103 cm³/mol. The molecule has 2 aromatic carbocycles. The monoisotopic (exact) mass is 352 g/mol. The van der Waals surface area contributed by atoms with Gasteiger partial charge in [0.05, 0.1) is 16.7 Å². The number of nitrogens with zero attached hydrogens (tertiary/aromatic N) is 2. The molecule has 0 fully saturated rings. The maximum Gasteiger partial charge on any atom is 0.262 e. The molecule has 0 saturated heterocycles. The Morgan fingerprint density at radius 3 is 2.52 bits per heavy atom. The molecule has 3 aromatic rings. The number of benzene rings is 2. The van der Waals surface area contributed by atoms with Crippen molar-refractivity contribution in [2.45, 2.75) is 31.5 Å². The number of hydrogen-bond acceptors (Lipinski definition) is 4. The summed E-state index contributed by atoms with van der Waals surface area (Å²) in [4.78, 5) is 29.9. The van der Waals surface area contributed by atoms with Crippen LogP contribution in [0.1, 0.15) is 36.7 Å². The average Bonchev–Trinajstić information content (AvgIpc) is 2.66. The molecule has 0 amide bonds. The van der Waals surface area contributed by atoms with Gasteiger partial charge in [0.15, 0.2) is 10.9 Å². The SMILES string of the molecule is CC[C@@H](C)n1c(SCC(=O)c2ccccc2)nc2ccccc2c1=O. The van der Waals surface area contributed by atoms with E-state index in [1.807, 2.05) is 50.2 Å². The second-order valence-electron chi connectivity index (χ2n) is 5.92. The van der Waals surface area contributed by atoms with Gasteiger partial charge in [0.1, 0.15) is 0 Å². The summed E-state index contributed by atoms with van der Waals surface area (Å²) in [5, 5.41) is 1.21. The maximum absolute atomic E-state index is 12.9. The fourth-order valence-electron chi connectivity index (χ4n) is 2.64. The highest BCUT2D eigenvalue weighted by Gasteiger charge is 2.17. The topological polar surface area (TPSA) is 52.0 Å². The fraction of sp³-hybridized carbons (Fsp3) is 0.250. The van der Waals surface area contributed by atoms with Crippen molar-refractivity contribution >= 4 is 28.4 Å². The molecule has 0 unspecified atom stereocenters. The van der Waals surface area contributed by atoms with Crippen LogP contribution in [0, 0.1) is 0 Å². The van der Waals surface area contributed by atoms with Crippen molar-refractivity contribution in [1.82, 2.24) is 9.55 Å². The van der Waals surface area contributed by atoms with E-state index in [0.29, 0.717) is 21.6 Å². The Bertz CT molecular complexity index is 951. The van der Waals surface area contributed by atoms with Crippen LogP contribution in [0.25, 0.3) is 10.9 Å². The minimum atomic E-state index is -0.0467. The molecule has 25 heavy (non-hydrogen) atoms. The first-order valence-corrected chi connectivity index (χ1v) is 9.32. The van der Waals surface area contributed by atoms with E-state index in [0.717, 1.165) is 6.42 Å². The van der Waals surface area contributed by atoms with Crippen molar-refractivity contribution in [2.24, 2.45) is 0 Å². The summed E-state index contributed by atoms with van der Waals surface area (Å²) in [6.45, 7) is 4.04. The van der Waals surface area contributed by atoms with Gasteiger partial charge in [-0.25, -0.2) is 4.98 Å². The lowest BCUT2D eigenvalue weighted by Crippen LogP contribution is -2.26. The minimum absolute atomic E-state index is 0.0268. The number of hydrogen-bond donors (Lipinski definition) is 0. The third kappa shape index (κ3) is 3.66. The van der Waals surface area contributed by atoms with E-state index in [-0.39, 0.29) is 23.1 Å².